The minimum atomic E-state index is -4.80. The Labute approximate surface area is 426 Å². The van der Waals surface area contributed by atoms with E-state index in [0.717, 1.165) is 39.6 Å². The number of rotatable bonds is 8. The van der Waals surface area contributed by atoms with Crippen molar-refractivity contribution in [1.29, 1.82) is 10.5 Å². The Bertz CT molecular complexity index is 3160. The van der Waals surface area contributed by atoms with Gasteiger partial charge in [0.25, 0.3) is 0 Å². The molecule has 4 aliphatic rings. The average molecular weight is 1080 g/mol. The molecule has 4 N–H and O–H groups in total. The van der Waals surface area contributed by atoms with E-state index in [9.17, 15) is 36.9 Å². The van der Waals surface area contributed by atoms with Gasteiger partial charge in [-0.05, 0) is 83.1 Å². The SMILES string of the molecule is N#CNC1=NC(c2ccc(OC(F)(F)F)cc2)(c2cccc(-c3cncnc3)c2)C2=NCCCN12.N#CNC1=NC(c2ccc(OC(F)(F)F)cc2)(c2cccc(Br)c2)C2=NCCCN12.OB(O)c1cncnc1. The van der Waals surface area contributed by atoms with Crippen LogP contribution >= 0.6 is 15.9 Å². The van der Waals surface area contributed by atoms with E-state index in [1.165, 1.54) is 73.6 Å². The highest BCUT2D eigenvalue weighted by Gasteiger charge is 2.51. The van der Waals surface area contributed by atoms with Crippen LogP contribution in [0.2, 0.25) is 0 Å². The molecule has 18 nitrogen and oxygen atoms in total. The maximum Gasteiger partial charge on any atom is 0.573 e. The normalized spacial score (nSPS) is 18.6. The topological polar surface area (TPSA) is 238 Å². The second-order valence-electron chi connectivity index (χ2n) is 16.1. The molecule has 0 aliphatic carbocycles. The Morgan fingerprint density at radius 1 is 0.595 bits per heavy atom. The van der Waals surface area contributed by atoms with E-state index >= 15 is 0 Å². The number of halogens is 7. The smallest absolute Gasteiger partial charge is 0.423 e. The van der Waals surface area contributed by atoms with Crippen LogP contribution in [0.3, 0.4) is 0 Å². The highest BCUT2D eigenvalue weighted by Crippen LogP contribution is 2.45. The summed E-state index contributed by atoms with van der Waals surface area (Å²) in [5.74, 6) is 1.23. The van der Waals surface area contributed by atoms with Crippen LogP contribution in [0.4, 0.5) is 26.3 Å². The van der Waals surface area contributed by atoms with Gasteiger partial charge in [0.2, 0.25) is 11.9 Å². The van der Waals surface area contributed by atoms with E-state index < -0.39 is 30.9 Å². The van der Waals surface area contributed by atoms with Gasteiger partial charge in [-0.15, -0.1) is 26.3 Å². The Kier molecular flexibility index (Phi) is 15.5. The number of benzene rings is 4. The Balaban J connectivity index is 0.000000170. The number of guanidine groups is 2. The van der Waals surface area contributed by atoms with Crippen molar-refractivity contribution in [2.75, 3.05) is 26.2 Å². The molecule has 10 rings (SSSR count). The number of hydrogen-bond donors (Lipinski definition) is 4. The van der Waals surface area contributed by atoms with Crippen molar-refractivity contribution in [3.05, 3.63) is 161 Å². The van der Waals surface area contributed by atoms with Crippen molar-refractivity contribution in [2.45, 2.75) is 36.6 Å². The predicted molar refractivity (Wildman–Crippen MR) is 261 cm³/mol. The van der Waals surface area contributed by atoms with E-state index in [4.69, 9.17) is 30.0 Å². The summed E-state index contributed by atoms with van der Waals surface area (Å²) in [6, 6.07) is 26.2. The molecular formula is C48H38BBrF6N14O4. The number of fused-ring (bicyclic) bond motifs is 2. The molecule has 0 saturated heterocycles. The first kappa shape index (κ1) is 51.9. The molecule has 0 bridgehead atoms. The van der Waals surface area contributed by atoms with E-state index in [2.05, 4.69) is 56.0 Å². The van der Waals surface area contributed by atoms with Gasteiger partial charge in [0, 0.05) is 66.5 Å². The summed E-state index contributed by atoms with van der Waals surface area (Å²) in [5, 5.41) is 40.7. The second-order valence-corrected chi connectivity index (χ2v) is 17.0. The van der Waals surface area contributed by atoms with Crippen LogP contribution < -0.4 is 25.6 Å². The van der Waals surface area contributed by atoms with Crippen LogP contribution in [-0.2, 0) is 11.1 Å². The van der Waals surface area contributed by atoms with E-state index in [0.29, 0.717) is 66.4 Å². The summed E-state index contributed by atoms with van der Waals surface area (Å²) in [4.78, 5) is 38.2. The van der Waals surface area contributed by atoms with Gasteiger partial charge < -0.3 is 19.5 Å². The summed E-state index contributed by atoms with van der Waals surface area (Å²) in [6.45, 7) is 2.36. The number of aromatic nitrogens is 4. The molecule has 4 aromatic carbocycles. The molecule has 0 spiro atoms. The van der Waals surface area contributed by atoms with Crippen LogP contribution in [0, 0.1) is 22.9 Å². The fourth-order valence-electron chi connectivity index (χ4n) is 8.50. The van der Waals surface area contributed by atoms with Gasteiger partial charge in [0.15, 0.2) is 23.5 Å². The first-order valence-electron chi connectivity index (χ1n) is 22.1. The molecule has 0 saturated carbocycles. The molecule has 376 valence electrons. The maximum absolute atomic E-state index is 12.7. The van der Waals surface area contributed by atoms with Gasteiger partial charge in [-0.25, -0.2) is 29.9 Å². The third-order valence-electron chi connectivity index (χ3n) is 11.5. The standard InChI is InChI=1S/C24H18F3N7O.C20H15BrF3N5O.C4H5BN2O2/c25-24(26,27)35-20-7-5-18(6-8-20)23(21-31-9-2-10-34(21)22(33-23)32-14-28)19-4-1-3-16(11-19)17-12-29-15-30-13-17;21-15-4-1-3-14(11-15)19(13-5-7-16(8-6-13)30-20(22,23)24)17-26-9-2-10-29(17)18(28-19)27-12-25;8-5(9)4-1-6-3-7-2-4/h1,3-8,11-13,15H,2,9-10H2,(H,32,33);1,3-8,11H,2,9-10H2,(H,27,28);1-3,8-9H. The lowest BCUT2D eigenvalue weighted by Gasteiger charge is -2.33. The van der Waals surface area contributed by atoms with Gasteiger partial charge in [-0.1, -0.05) is 70.5 Å². The van der Waals surface area contributed by atoms with Gasteiger partial charge in [-0.3, -0.25) is 30.4 Å². The van der Waals surface area contributed by atoms with Crippen molar-refractivity contribution in [3.8, 4) is 35.0 Å². The van der Waals surface area contributed by atoms with E-state index in [1.54, 1.807) is 12.4 Å². The van der Waals surface area contributed by atoms with Crippen molar-refractivity contribution >= 4 is 52.1 Å². The molecule has 4 aliphatic heterocycles. The average Bonchev–Trinajstić information content (AvgIpc) is 3.91. The summed E-state index contributed by atoms with van der Waals surface area (Å²) < 4.78 is 84.8. The molecule has 2 unspecified atom stereocenters. The number of aliphatic imine (C=N–C) groups is 4. The molecular weight excluding hydrogens is 1040 g/mol. The van der Waals surface area contributed by atoms with E-state index in [-0.39, 0.29) is 11.5 Å². The highest BCUT2D eigenvalue weighted by atomic mass is 79.9. The van der Waals surface area contributed by atoms with Crippen LogP contribution in [0.1, 0.15) is 35.1 Å². The molecule has 2 aromatic heterocycles. The zero-order valence-corrected chi connectivity index (χ0v) is 39.8. The lowest BCUT2D eigenvalue weighted by Crippen LogP contribution is -2.47. The monoisotopic (exact) mass is 1080 g/mol. The Morgan fingerprint density at radius 2 is 1.04 bits per heavy atom. The fourth-order valence-corrected chi connectivity index (χ4v) is 8.90. The first-order valence-corrected chi connectivity index (χ1v) is 22.9. The predicted octanol–water partition coefficient (Wildman–Crippen LogP) is 6.12. The number of hydrogen-bond acceptors (Lipinski definition) is 18. The summed E-state index contributed by atoms with van der Waals surface area (Å²) in [5.41, 5.74) is 2.30. The van der Waals surface area contributed by atoms with Gasteiger partial charge in [0.05, 0.1) is 0 Å². The Morgan fingerprint density at radius 3 is 1.46 bits per heavy atom. The molecule has 0 amide bonds. The number of ether oxygens (including phenoxy) is 2. The zero-order valence-electron chi connectivity index (χ0n) is 38.2. The third kappa shape index (κ3) is 11.4. The van der Waals surface area contributed by atoms with Gasteiger partial charge >= 0.3 is 19.8 Å². The lowest BCUT2D eigenvalue weighted by atomic mass is 9.81. The first-order chi connectivity index (χ1) is 35.5. The molecule has 6 aromatic rings. The zero-order chi connectivity index (χ0) is 52.5. The number of nitrogens with zero attached hydrogens (tertiary/aromatic N) is 12. The van der Waals surface area contributed by atoms with Crippen molar-refractivity contribution in [3.63, 3.8) is 0 Å². The van der Waals surface area contributed by atoms with Crippen molar-refractivity contribution in [2.24, 2.45) is 20.0 Å². The molecule has 26 heteroatoms. The summed E-state index contributed by atoms with van der Waals surface area (Å²) in [7, 11) is -1.47. The van der Waals surface area contributed by atoms with Crippen LogP contribution in [-0.4, -0.2) is 109 Å². The third-order valence-corrected chi connectivity index (χ3v) is 12.0. The summed E-state index contributed by atoms with van der Waals surface area (Å²) >= 11 is 3.47. The minimum Gasteiger partial charge on any atom is -0.423 e. The molecule has 0 radical (unpaired) electrons. The molecule has 0 fully saturated rings. The second kappa shape index (κ2) is 22.1. The maximum atomic E-state index is 12.7. The molecule has 2 atom stereocenters. The molecule has 74 heavy (non-hydrogen) atoms. The van der Waals surface area contributed by atoms with Crippen LogP contribution in [0.5, 0.6) is 11.5 Å². The fraction of sp³-hybridized carbons (Fsp3) is 0.208. The number of amidine groups is 2. The number of nitriles is 2. The van der Waals surface area contributed by atoms with Gasteiger partial charge in [-0.2, -0.15) is 10.5 Å². The van der Waals surface area contributed by atoms with Crippen molar-refractivity contribution < 1.29 is 45.9 Å². The lowest BCUT2D eigenvalue weighted by molar-refractivity contribution is -0.275. The van der Waals surface area contributed by atoms with Gasteiger partial charge in [0.1, 0.15) is 35.8 Å². The quantitative estimate of drug-likeness (QED) is 0.0582. The Hall–Kier alpha value is -8.46. The largest absolute Gasteiger partial charge is 0.573 e. The number of alkyl halides is 6. The summed E-state index contributed by atoms with van der Waals surface area (Å²) in [6.07, 6.45) is 4.63. The van der Waals surface area contributed by atoms with E-state index in [1.807, 2.05) is 70.7 Å². The minimum absolute atomic E-state index is 0.303. The highest BCUT2D eigenvalue weighted by molar-refractivity contribution is 9.10. The van der Waals surface area contributed by atoms with Crippen LogP contribution in [0.25, 0.3) is 11.1 Å². The van der Waals surface area contributed by atoms with Crippen molar-refractivity contribution in [1.82, 2.24) is 40.4 Å². The van der Waals surface area contributed by atoms with Crippen LogP contribution in [0.15, 0.2) is 159 Å². The molecule has 6 heterocycles. The number of nitrogens with one attached hydrogen (secondary N) is 2.